The van der Waals surface area contributed by atoms with E-state index < -0.39 is 0 Å². The number of carbonyl (C=O) groups excluding carboxylic acids is 1. The van der Waals surface area contributed by atoms with E-state index in [1.54, 1.807) is 0 Å². The summed E-state index contributed by atoms with van der Waals surface area (Å²) in [5, 5.41) is 2.84. The number of hydrogen-bond acceptors (Lipinski definition) is 3. The van der Waals surface area contributed by atoms with Crippen LogP contribution in [-0.4, -0.2) is 31.8 Å². The van der Waals surface area contributed by atoms with Crippen LogP contribution in [0.3, 0.4) is 0 Å². The molecule has 0 spiro atoms. The van der Waals surface area contributed by atoms with Gasteiger partial charge in [-0.2, -0.15) is 0 Å². The molecule has 1 N–H and O–H groups in total. The molecule has 1 aromatic carbocycles. The standard InChI is InChI=1S/C16H23NO3/c1-12(2)13-5-7-14(8-6-13)20-11-16(18)17-10-15-4-3-9-19-15/h5-8,12,15H,3-4,9-11H2,1-2H3,(H,17,18)/t15-/m0/s1. The Labute approximate surface area is 120 Å². The summed E-state index contributed by atoms with van der Waals surface area (Å²) in [5.41, 5.74) is 1.26. The van der Waals surface area contributed by atoms with Crippen molar-refractivity contribution in [1.29, 1.82) is 0 Å². The Balaban J connectivity index is 1.69. The average molecular weight is 277 g/mol. The summed E-state index contributed by atoms with van der Waals surface area (Å²) in [6.07, 6.45) is 2.28. The molecule has 0 radical (unpaired) electrons. The zero-order valence-electron chi connectivity index (χ0n) is 12.2. The maximum atomic E-state index is 11.7. The highest BCUT2D eigenvalue weighted by molar-refractivity contribution is 5.77. The van der Waals surface area contributed by atoms with Gasteiger partial charge in [-0.15, -0.1) is 0 Å². The Bertz CT molecular complexity index is 422. The number of benzene rings is 1. The van der Waals surface area contributed by atoms with E-state index in [-0.39, 0.29) is 18.6 Å². The molecule has 110 valence electrons. The molecular formula is C16H23NO3. The van der Waals surface area contributed by atoms with E-state index >= 15 is 0 Å². The van der Waals surface area contributed by atoms with Crippen molar-refractivity contribution >= 4 is 5.91 Å². The number of nitrogens with one attached hydrogen (secondary N) is 1. The summed E-state index contributed by atoms with van der Waals surface area (Å²) in [7, 11) is 0. The SMILES string of the molecule is CC(C)c1ccc(OCC(=O)NC[C@@H]2CCCO2)cc1. The van der Waals surface area contributed by atoms with E-state index in [0.717, 1.165) is 25.2 Å². The van der Waals surface area contributed by atoms with Crippen molar-refractivity contribution in [3.8, 4) is 5.75 Å². The minimum Gasteiger partial charge on any atom is -0.484 e. The Kier molecular flexibility index (Phi) is 5.41. The number of carbonyl (C=O) groups is 1. The highest BCUT2D eigenvalue weighted by Gasteiger charge is 2.16. The number of ether oxygens (including phenoxy) is 2. The van der Waals surface area contributed by atoms with Crippen LogP contribution >= 0.6 is 0 Å². The van der Waals surface area contributed by atoms with E-state index in [0.29, 0.717) is 12.5 Å². The molecule has 1 saturated heterocycles. The molecule has 0 bridgehead atoms. The van der Waals surface area contributed by atoms with Crippen LogP contribution in [0.15, 0.2) is 24.3 Å². The minimum atomic E-state index is -0.103. The average Bonchev–Trinajstić information content (AvgIpc) is 2.96. The van der Waals surface area contributed by atoms with Gasteiger partial charge < -0.3 is 14.8 Å². The van der Waals surface area contributed by atoms with E-state index in [2.05, 4.69) is 19.2 Å². The van der Waals surface area contributed by atoms with Gasteiger partial charge in [0.1, 0.15) is 5.75 Å². The molecule has 1 amide bonds. The third-order valence-electron chi connectivity index (χ3n) is 3.47. The summed E-state index contributed by atoms with van der Waals surface area (Å²) >= 11 is 0. The molecule has 20 heavy (non-hydrogen) atoms. The van der Waals surface area contributed by atoms with Crippen LogP contribution in [-0.2, 0) is 9.53 Å². The minimum absolute atomic E-state index is 0.0494. The largest absolute Gasteiger partial charge is 0.484 e. The third kappa shape index (κ3) is 4.53. The molecule has 2 rings (SSSR count). The summed E-state index contributed by atoms with van der Waals surface area (Å²) in [6, 6.07) is 7.87. The van der Waals surface area contributed by atoms with Crippen LogP contribution in [0.4, 0.5) is 0 Å². The molecule has 4 nitrogen and oxygen atoms in total. The third-order valence-corrected chi connectivity index (χ3v) is 3.47. The maximum absolute atomic E-state index is 11.7. The topological polar surface area (TPSA) is 47.6 Å². The highest BCUT2D eigenvalue weighted by Crippen LogP contribution is 2.18. The molecule has 4 heteroatoms. The Hall–Kier alpha value is -1.55. The van der Waals surface area contributed by atoms with Gasteiger partial charge in [-0.1, -0.05) is 26.0 Å². The lowest BCUT2D eigenvalue weighted by Gasteiger charge is -2.12. The molecule has 1 atom stereocenters. The van der Waals surface area contributed by atoms with Crippen LogP contribution in [0.2, 0.25) is 0 Å². The number of rotatable bonds is 6. The Morgan fingerprint density at radius 2 is 2.15 bits per heavy atom. The normalized spacial score (nSPS) is 18.2. The maximum Gasteiger partial charge on any atom is 0.258 e. The second-order valence-corrected chi connectivity index (χ2v) is 5.45. The zero-order valence-corrected chi connectivity index (χ0v) is 12.2. The van der Waals surface area contributed by atoms with Crippen LogP contribution in [0.1, 0.15) is 38.2 Å². The predicted molar refractivity (Wildman–Crippen MR) is 78.0 cm³/mol. The smallest absolute Gasteiger partial charge is 0.258 e. The van der Waals surface area contributed by atoms with Gasteiger partial charge in [-0.25, -0.2) is 0 Å². The first-order valence-electron chi connectivity index (χ1n) is 7.26. The van der Waals surface area contributed by atoms with Crippen molar-refractivity contribution in [1.82, 2.24) is 5.32 Å². The van der Waals surface area contributed by atoms with Crippen molar-refractivity contribution in [2.75, 3.05) is 19.8 Å². The van der Waals surface area contributed by atoms with E-state index in [4.69, 9.17) is 9.47 Å². The molecule has 0 saturated carbocycles. The summed E-state index contributed by atoms with van der Waals surface area (Å²) in [4.78, 5) is 11.7. The van der Waals surface area contributed by atoms with Gasteiger partial charge in [0.25, 0.3) is 5.91 Å². The van der Waals surface area contributed by atoms with Gasteiger partial charge in [-0.05, 0) is 36.5 Å². The lowest BCUT2D eigenvalue weighted by Crippen LogP contribution is -2.35. The fourth-order valence-corrected chi connectivity index (χ4v) is 2.18. The molecule has 1 heterocycles. The highest BCUT2D eigenvalue weighted by atomic mass is 16.5. The van der Waals surface area contributed by atoms with Gasteiger partial charge >= 0.3 is 0 Å². The van der Waals surface area contributed by atoms with Crippen molar-refractivity contribution in [3.05, 3.63) is 29.8 Å². The second-order valence-electron chi connectivity index (χ2n) is 5.45. The monoisotopic (exact) mass is 277 g/mol. The molecular weight excluding hydrogens is 254 g/mol. The van der Waals surface area contributed by atoms with E-state index in [9.17, 15) is 4.79 Å². The summed E-state index contributed by atoms with van der Waals surface area (Å²) in [5.74, 6) is 1.12. The first kappa shape index (κ1) is 14.9. The van der Waals surface area contributed by atoms with E-state index in [1.165, 1.54) is 5.56 Å². The van der Waals surface area contributed by atoms with Crippen LogP contribution in [0.25, 0.3) is 0 Å². The zero-order chi connectivity index (χ0) is 14.4. The Morgan fingerprint density at radius 3 is 2.75 bits per heavy atom. The van der Waals surface area contributed by atoms with Gasteiger partial charge in [0.05, 0.1) is 6.10 Å². The number of hydrogen-bond donors (Lipinski definition) is 1. The van der Waals surface area contributed by atoms with Crippen LogP contribution in [0, 0.1) is 0 Å². The van der Waals surface area contributed by atoms with Crippen molar-refractivity contribution in [2.45, 2.75) is 38.7 Å². The fourth-order valence-electron chi connectivity index (χ4n) is 2.18. The second kappa shape index (κ2) is 7.29. The summed E-state index contributed by atoms with van der Waals surface area (Å²) in [6.45, 7) is 5.73. The fraction of sp³-hybridized carbons (Fsp3) is 0.562. The van der Waals surface area contributed by atoms with Crippen molar-refractivity contribution < 1.29 is 14.3 Å². The lowest BCUT2D eigenvalue weighted by atomic mass is 10.0. The first-order valence-corrected chi connectivity index (χ1v) is 7.26. The first-order chi connectivity index (χ1) is 9.65. The van der Waals surface area contributed by atoms with Crippen molar-refractivity contribution in [3.63, 3.8) is 0 Å². The molecule has 0 unspecified atom stereocenters. The lowest BCUT2D eigenvalue weighted by molar-refractivity contribution is -0.123. The molecule has 1 aromatic rings. The van der Waals surface area contributed by atoms with Gasteiger partial charge in [-0.3, -0.25) is 4.79 Å². The van der Waals surface area contributed by atoms with Crippen molar-refractivity contribution in [2.24, 2.45) is 0 Å². The molecule has 1 aliphatic rings. The van der Waals surface area contributed by atoms with Gasteiger partial charge in [0.2, 0.25) is 0 Å². The molecule has 1 aliphatic heterocycles. The Morgan fingerprint density at radius 1 is 1.40 bits per heavy atom. The number of amides is 1. The molecule has 0 aromatic heterocycles. The van der Waals surface area contributed by atoms with Crippen LogP contribution < -0.4 is 10.1 Å². The molecule has 1 fully saturated rings. The predicted octanol–water partition coefficient (Wildman–Crippen LogP) is 2.48. The van der Waals surface area contributed by atoms with E-state index in [1.807, 2.05) is 24.3 Å². The van der Waals surface area contributed by atoms with Gasteiger partial charge in [0, 0.05) is 13.2 Å². The quantitative estimate of drug-likeness (QED) is 0.869. The summed E-state index contributed by atoms with van der Waals surface area (Å²) < 4.78 is 10.9. The van der Waals surface area contributed by atoms with Crippen LogP contribution in [0.5, 0.6) is 5.75 Å². The van der Waals surface area contributed by atoms with Gasteiger partial charge in [0.15, 0.2) is 6.61 Å². The molecule has 0 aliphatic carbocycles.